The van der Waals surface area contributed by atoms with E-state index in [0.29, 0.717) is 5.76 Å². The van der Waals surface area contributed by atoms with Gasteiger partial charge < -0.3 is 25.1 Å². The first-order chi connectivity index (χ1) is 13.9. The fourth-order valence-electron chi connectivity index (χ4n) is 3.09. The maximum atomic E-state index is 14.0. The summed E-state index contributed by atoms with van der Waals surface area (Å²) < 4.78 is 37.7. The quantitative estimate of drug-likeness (QED) is 0.616. The summed E-state index contributed by atoms with van der Waals surface area (Å²) >= 11 is 0. The highest BCUT2D eigenvalue weighted by Gasteiger charge is 2.35. The number of hydrogen-bond acceptors (Lipinski definition) is 5. The zero-order valence-corrected chi connectivity index (χ0v) is 15.9. The molecule has 2 atom stereocenters. The molecular formula is C20H21F2N3O4. The van der Waals surface area contributed by atoms with Gasteiger partial charge in [-0.25, -0.2) is 18.4 Å². The minimum atomic E-state index is -0.826. The van der Waals surface area contributed by atoms with Gasteiger partial charge in [0, 0.05) is 29.9 Å². The molecule has 2 aromatic rings. The Kier molecular flexibility index (Phi) is 6.28. The highest BCUT2D eigenvalue weighted by Crippen LogP contribution is 2.28. The summed E-state index contributed by atoms with van der Waals surface area (Å²) in [5.41, 5.74) is 0.719. The van der Waals surface area contributed by atoms with Gasteiger partial charge in [0.1, 0.15) is 23.4 Å². The van der Waals surface area contributed by atoms with Crippen molar-refractivity contribution in [3.05, 3.63) is 70.8 Å². The molecule has 3 rings (SSSR count). The van der Waals surface area contributed by atoms with Crippen LogP contribution in [0.3, 0.4) is 0 Å². The summed E-state index contributed by atoms with van der Waals surface area (Å²) in [6.07, 6.45) is 1.43. The van der Waals surface area contributed by atoms with Crippen LogP contribution in [-0.2, 0) is 9.53 Å². The lowest BCUT2D eigenvalue weighted by Crippen LogP contribution is -2.48. The molecule has 0 aliphatic carbocycles. The second-order valence-corrected chi connectivity index (χ2v) is 6.43. The maximum Gasteiger partial charge on any atom is 0.338 e. The van der Waals surface area contributed by atoms with E-state index in [2.05, 4.69) is 16.0 Å². The molecule has 0 saturated carbocycles. The van der Waals surface area contributed by atoms with Gasteiger partial charge >= 0.3 is 12.0 Å². The summed E-state index contributed by atoms with van der Waals surface area (Å²) in [7, 11) is 0. The van der Waals surface area contributed by atoms with E-state index in [0.717, 1.165) is 6.07 Å². The number of carbonyl (C=O) groups is 2. The smallest absolute Gasteiger partial charge is 0.338 e. The highest BCUT2D eigenvalue weighted by molar-refractivity contribution is 5.95. The number of esters is 1. The average molecular weight is 405 g/mol. The SMILES string of the molecule is CCOC(=O)C1=C(CN[C@H](C)c2ccc(F)cc2F)NC(=O)N[C@H]1c1ccco1. The van der Waals surface area contributed by atoms with Gasteiger partial charge in [0.05, 0.1) is 18.4 Å². The molecule has 2 amide bonds. The number of hydrogen-bond donors (Lipinski definition) is 3. The first-order valence-corrected chi connectivity index (χ1v) is 9.10. The molecular weight excluding hydrogens is 384 g/mol. The second-order valence-electron chi connectivity index (χ2n) is 6.43. The van der Waals surface area contributed by atoms with Gasteiger partial charge in [-0.15, -0.1) is 0 Å². The lowest BCUT2D eigenvalue weighted by molar-refractivity contribution is -0.139. The normalized spacial score (nSPS) is 17.5. The number of benzene rings is 1. The second kappa shape index (κ2) is 8.87. The third kappa shape index (κ3) is 4.62. The van der Waals surface area contributed by atoms with Crippen LogP contribution in [0.4, 0.5) is 13.6 Å². The van der Waals surface area contributed by atoms with Crippen LogP contribution in [0.25, 0.3) is 0 Å². The Morgan fingerprint density at radius 3 is 2.79 bits per heavy atom. The van der Waals surface area contributed by atoms with E-state index in [1.807, 2.05) is 0 Å². The van der Waals surface area contributed by atoms with Crippen LogP contribution in [0, 0.1) is 11.6 Å². The summed E-state index contributed by atoms with van der Waals surface area (Å²) in [5.74, 6) is -1.60. The van der Waals surface area contributed by atoms with Crippen molar-refractivity contribution < 1.29 is 27.5 Å². The molecule has 154 valence electrons. The molecule has 0 saturated heterocycles. The molecule has 1 aliphatic heterocycles. The van der Waals surface area contributed by atoms with E-state index < -0.39 is 35.7 Å². The third-order valence-corrected chi connectivity index (χ3v) is 4.49. The van der Waals surface area contributed by atoms with Gasteiger partial charge in [-0.05, 0) is 32.0 Å². The summed E-state index contributed by atoms with van der Waals surface area (Å²) in [5, 5.41) is 8.28. The van der Waals surface area contributed by atoms with Gasteiger partial charge in [-0.2, -0.15) is 0 Å². The zero-order valence-electron chi connectivity index (χ0n) is 15.9. The Bertz CT molecular complexity index is 928. The minimum absolute atomic E-state index is 0.0385. The summed E-state index contributed by atoms with van der Waals surface area (Å²) in [6.45, 7) is 3.55. The van der Waals surface area contributed by atoms with Crippen LogP contribution < -0.4 is 16.0 Å². The van der Waals surface area contributed by atoms with Crippen molar-refractivity contribution in [2.24, 2.45) is 0 Å². The van der Waals surface area contributed by atoms with Gasteiger partial charge in [-0.3, -0.25) is 0 Å². The van der Waals surface area contributed by atoms with Crippen LogP contribution in [0.2, 0.25) is 0 Å². The summed E-state index contributed by atoms with van der Waals surface area (Å²) in [6, 6.07) is 4.73. The van der Waals surface area contributed by atoms with Crippen LogP contribution in [0.5, 0.6) is 0 Å². The minimum Gasteiger partial charge on any atom is -0.467 e. The standard InChI is InChI=1S/C20H21F2N3O4/c1-3-28-19(26)17-15(24-20(27)25-18(17)16-5-4-8-29-16)10-23-11(2)13-7-6-12(21)9-14(13)22/h4-9,11,18,23H,3,10H2,1-2H3,(H2,24,25,27)/t11-,18+/m1/s1. The first kappa shape index (κ1) is 20.5. The molecule has 0 spiro atoms. The maximum absolute atomic E-state index is 14.0. The molecule has 9 heteroatoms. The third-order valence-electron chi connectivity index (χ3n) is 4.49. The fraction of sp³-hybridized carbons (Fsp3) is 0.300. The number of ether oxygens (including phenoxy) is 1. The molecule has 3 N–H and O–H groups in total. The Morgan fingerprint density at radius 1 is 1.34 bits per heavy atom. The van der Waals surface area contributed by atoms with Crippen molar-refractivity contribution >= 4 is 12.0 Å². The molecule has 0 bridgehead atoms. The van der Waals surface area contributed by atoms with E-state index in [1.165, 1.54) is 18.4 Å². The van der Waals surface area contributed by atoms with Crippen molar-refractivity contribution in [1.29, 1.82) is 0 Å². The molecule has 1 aromatic heterocycles. The molecule has 29 heavy (non-hydrogen) atoms. The lowest BCUT2D eigenvalue weighted by Gasteiger charge is -2.28. The number of urea groups is 1. The molecule has 7 nitrogen and oxygen atoms in total. The average Bonchev–Trinajstić information content (AvgIpc) is 3.20. The van der Waals surface area contributed by atoms with Crippen molar-refractivity contribution in [1.82, 2.24) is 16.0 Å². The Hall–Kier alpha value is -3.20. The molecule has 1 aromatic carbocycles. The number of rotatable bonds is 7. The topological polar surface area (TPSA) is 92.6 Å². The van der Waals surface area contributed by atoms with Crippen LogP contribution in [0.1, 0.15) is 37.3 Å². The van der Waals surface area contributed by atoms with Gasteiger partial charge in [0.2, 0.25) is 0 Å². The number of halogens is 2. The number of amides is 2. The Balaban J connectivity index is 1.88. The van der Waals surface area contributed by atoms with Crippen molar-refractivity contribution in [3.63, 3.8) is 0 Å². The summed E-state index contributed by atoms with van der Waals surface area (Å²) in [4.78, 5) is 24.7. The molecule has 0 fully saturated rings. The Labute approximate surface area is 166 Å². The number of carbonyl (C=O) groups excluding carboxylic acids is 2. The molecule has 0 radical (unpaired) electrons. The number of nitrogens with one attached hydrogen (secondary N) is 3. The molecule has 1 aliphatic rings. The molecule has 0 unspecified atom stereocenters. The van der Waals surface area contributed by atoms with Crippen LogP contribution >= 0.6 is 0 Å². The van der Waals surface area contributed by atoms with Gasteiger partial charge in [0.15, 0.2) is 0 Å². The van der Waals surface area contributed by atoms with Crippen LogP contribution in [0.15, 0.2) is 52.3 Å². The predicted molar refractivity (Wildman–Crippen MR) is 99.6 cm³/mol. The zero-order chi connectivity index (χ0) is 21.0. The highest BCUT2D eigenvalue weighted by atomic mass is 19.1. The van der Waals surface area contributed by atoms with Crippen LogP contribution in [-0.4, -0.2) is 25.2 Å². The fourth-order valence-corrected chi connectivity index (χ4v) is 3.09. The van der Waals surface area contributed by atoms with Gasteiger partial charge in [0.25, 0.3) is 0 Å². The predicted octanol–water partition coefficient (Wildman–Crippen LogP) is 3.08. The van der Waals surface area contributed by atoms with E-state index >= 15 is 0 Å². The van der Waals surface area contributed by atoms with E-state index in [9.17, 15) is 18.4 Å². The Morgan fingerprint density at radius 2 is 2.14 bits per heavy atom. The van der Waals surface area contributed by atoms with E-state index in [4.69, 9.17) is 9.15 Å². The van der Waals surface area contributed by atoms with Gasteiger partial charge in [-0.1, -0.05) is 6.07 Å². The first-order valence-electron chi connectivity index (χ1n) is 9.10. The lowest BCUT2D eigenvalue weighted by atomic mass is 9.99. The number of furan rings is 1. The monoisotopic (exact) mass is 405 g/mol. The van der Waals surface area contributed by atoms with Crippen molar-refractivity contribution in [2.75, 3.05) is 13.2 Å². The van der Waals surface area contributed by atoms with E-state index in [1.54, 1.807) is 26.0 Å². The van der Waals surface area contributed by atoms with Crippen molar-refractivity contribution in [2.45, 2.75) is 25.9 Å². The van der Waals surface area contributed by atoms with Crippen molar-refractivity contribution in [3.8, 4) is 0 Å². The van der Waals surface area contributed by atoms with E-state index in [-0.39, 0.29) is 30.0 Å². The largest absolute Gasteiger partial charge is 0.467 e. The molecule has 2 heterocycles.